The lowest BCUT2D eigenvalue weighted by Gasteiger charge is -2.30. The fourth-order valence-corrected chi connectivity index (χ4v) is 6.34. The van der Waals surface area contributed by atoms with Crippen LogP contribution >= 0.6 is 0 Å². The van der Waals surface area contributed by atoms with Gasteiger partial charge in [0.05, 0.1) is 6.54 Å². The van der Waals surface area contributed by atoms with Crippen LogP contribution in [0.4, 0.5) is 4.79 Å². The van der Waals surface area contributed by atoms with Crippen LogP contribution in [-0.2, 0) is 19.1 Å². The molecule has 1 saturated heterocycles. The number of nitrogens with one attached hydrogen (secondary N) is 3. The Labute approximate surface area is 284 Å². The molecule has 3 aromatic rings. The summed E-state index contributed by atoms with van der Waals surface area (Å²) in [4.78, 5) is 66.4. The molecular weight excluding hydrogens is 630 g/mol. The standard InChI is InChI=1S/C36H43N5O8/c1-35(2,3)48-33(45)37-27-18-11-6-4-5-8-14-23-21-36(23,32(44)40-49-24-15-9-7-10-16-24)39-30(42)28-20-25(22-41(28)31(27)43)46-34-38-26-17-12-13-19-29(26)47-34/h7-10,12-17,19,23,25,27-28H,4-6,11,18,20-22H2,1-3H3,(H,37,45)(H,39,42)(H,40,44)/t23-,25-,27+,28+,36-/m1/s1. The molecule has 0 unspecified atom stereocenters. The van der Waals surface area contributed by atoms with E-state index in [0.717, 1.165) is 19.3 Å². The Bertz CT molecular complexity index is 1670. The van der Waals surface area contributed by atoms with E-state index in [4.69, 9.17) is 18.7 Å². The van der Waals surface area contributed by atoms with E-state index in [1.54, 1.807) is 57.2 Å². The van der Waals surface area contributed by atoms with Crippen LogP contribution in [0.25, 0.3) is 11.1 Å². The number of benzene rings is 2. The Kier molecular flexibility index (Phi) is 9.79. The number of hydroxylamine groups is 1. The van der Waals surface area contributed by atoms with Crippen molar-refractivity contribution in [3.8, 4) is 11.8 Å². The molecule has 3 heterocycles. The van der Waals surface area contributed by atoms with Crippen molar-refractivity contribution in [3.05, 3.63) is 66.7 Å². The summed E-state index contributed by atoms with van der Waals surface area (Å²) in [7, 11) is 0. The lowest BCUT2D eigenvalue weighted by molar-refractivity contribution is -0.142. The summed E-state index contributed by atoms with van der Waals surface area (Å²) in [5.74, 6) is -1.28. The first-order valence-electron chi connectivity index (χ1n) is 16.8. The number of nitrogens with zero attached hydrogens (tertiary/aromatic N) is 2. The highest BCUT2D eigenvalue weighted by molar-refractivity contribution is 5.98. The molecular formula is C36H43N5O8. The number of carbonyl (C=O) groups is 4. The van der Waals surface area contributed by atoms with E-state index in [-0.39, 0.29) is 25.0 Å². The Morgan fingerprint density at radius 3 is 2.59 bits per heavy atom. The maximum atomic E-state index is 14.3. The molecule has 0 radical (unpaired) electrons. The lowest BCUT2D eigenvalue weighted by Crippen LogP contribution is -2.58. The van der Waals surface area contributed by atoms with Gasteiger partial charge in [-0.05, 0) is 70.7 Å². The Hall–Kier alpha value is -5.07. The Morgan fingerprint density at radius 2 is 1.82 bits per heavy atom. The highest BCUT2D eigenvalue weighted by Crippen LogP contribution is 2.45. The third kappa shape index (κ3) is 8.15. The van der Waals surface area contributed by atoms with Gasteiger partial charge in [-0.1, -0.05) is 55.3 Å². The maximum absolute atomic E-state index is 14.3. The van der Waals surface area contributed by atoms with Gasteiger partial charge in [-0.3, -0.25) is 14.4 Å². The van der Waals surface area contributed by atoms with Gasteiger partial charge < -0.3 is 34.3 Å². The van der Waals surface area contributed by atoms with Crippen LogP contribution in [0.3, 0.4) is 0 Å². The summed E-state index contributed by atoms with van der Waals surface area (Å²) in [6, 6.07) is 14.1. The maximum Gasteiger partial charge on any atom is 0.408 e. The van der Waals surface area contributed by atoms with Gasteiger partial charge in [-0.15, -0.1) is 0 Å². The highest BCUT2D eigenvalue weighted by atomic mass is 16.7. The van der Waals surface area contributed by atoms with Crippen LogP contribution in [-0.4, -0.2) is 69.6 Å². The van der Waals surface area contributed by atoms with E-state index in [0.29, 0.717) is 36.1 Å². The molecule has 6 rings (SSSR count). The molecule has 2 aromatic carbocycles. The molecule has 4 amide bonds. The number of aromatic nitrogens is 1. The predicted octanol–water partition coefficient (Wildman–Crippen LogP) is 4.57. The molecule has 3 N–H and O–H groups in total. The number of oxazole rings is 1. The van der Waals surface area contributed by atoms with Gasteiger partial charge in [0.15, 0.2) is 11.3 Å². The molecule has 0 bridgehead atoms. The van der Waals surface area contributed by atoms with E-state index in [2.05, 4.69) is 21.1 Å². The van der Waals surface area contributed by atoms with Gasteiger partial charge in [-0.2, -0.15) is 10.5 Å². The summed E-state index contributed by atoms with van der Waals surface area (Å²) in [6.07, 6.45) is 6.56. The number of carbonyl (C=O) groups excluding carboxylic acids is 4. The minimum Gasteiger partial charge on any atom is -0.445 e. The molecule has 1 aliphatic carbocycles. The van der Waals surface area contributed by atoms with E-state index in [1.165, 1.54) is 4.90 Å². The van der Waals surface area contributed by atoms with Gasteiger partial charge in [0.2, 0.25) is 11.8 Å². The second kappa shape index (κ2) is 14.2. The number of alkyl carbamates (subject to hydrolysis) is 1. The zero-order valence-electron chi connectivity index (χ0n) is 28.0. The number of hydrogen-bond acceptors (Lipinski definition) is 9. The summed E-state index contributed by atoms with van der Waals surface area (Å²) >= 11 is 0. The first-order valence-corrected chi connectivity index (χ1v) is 16.8. The van der Waals surface area contributed by atoms with E-state index >= 15 is 0 Å². The van der Waals surface area contributed by atoms with Crippen molar-refractivity contribution in [1.82, 2.24) is 26.0 Å². The second-order valence-corrected chi connectivity index (χ2v) is 13.8. The van der Waals surface area contributed by atoms with Crippen LogP contribution in [0.2, 0.25) is 0 Å². The predicted molar refractivity (Wildman–Crippen MR) is 178 cm³/mol. The largest absolute Gasteiger partial charge is 0.445 e. The van der Waals surface area contributed by atoms with Crippen molar-refractivity contribution in [2.24, 2.45) is 5.92 Å². The van der Waals surface area contributed by atoms with Gasteiger partial charge in [-0.25, -0.2) is 4.79 Å². The lowest BCUT2D eigenvalue weighted by atomic mass is 10.0. The van der Waals surface area contributed by atoms with Crippen molar-refractivity contribution in [2.75, 3.05) is 6.54 Å². The topological polar surface area (TPSA) is 161 Å². The Balaban J connectivity index is 1.26. The SMILES string of the molecule is CC(C)(C)OC(=O)N[C@H]1CCCCCC=C[C@@H]2C[C@@]2(C(=O)NOc2ccccc2)NC(=O)[C@@H]2C[C@@H](Oc3nc4ccccc4o3)CN2C1=O. The third-order valence-electron chi connectivity index (χ3n) is 8.88. The minimum absolute atomic E-state index is 0.0199. The van der Waals surface area contributed by atoms with E-state index < -0.39 is 53.1 Å². The number of amides is 4. The molecule has 0 spiro atoms. The molecule has 2 aliphatic heterocycles. The van der Waals surface area contributed by atoms with Crippen molar-refractivity contribution in [1.29, 1.82) is 0 Å². The fourth-order valence-electron chi connectivity index (χ4n) is 6.34. The summed E-state index contributed by atoms with van der Waals surface area (Å²) in [5, 5.41) is 5.73. The van der Waals surface area contributed by atoms with E-state index in [9.17, 15) is 19.2 Å². The zero-order valence-corrected chi connectivity index (χ0v) is 28.0. The molecule has 3 aliphatic rings. The molecule has 13 heteroatoms. The minimum atomic E-state index is -1.27. The molecule has 2 fully saturated rings. The third-order valence-corrected chi connectivity index (χ3v) is 8.88. The monoisotopic (exact) mass is 673 g/mol. The Morgan fingerprint density at radius 1 is 1.04 bits per heavy atom. The van der Waals surface area contributed by atoms with Crippen LogP contribution in [0.5, 0.6) is 11.8 Å². The molecule has 1 saturated carbocycles. The quantitative estimate of drug-likeness (QED) is 0.251. The van der Waals surface area contributed by atoms with Crippen LogP contribution in [0.15, 0.2) is 71.2 Å². The van der Waals surface area contributed by atoms with Crippen LogP contribution in [0, 0.1) is 5.92 Å². The fraction of sp³-hybridized carbons (Fsp3) is 0.472. The van der Waals surface area contributed by atoms with Gasteiger partial charge in [0.25, 0.3) is 5.91 Å². The van der Waals surface area contributed by atoms with E-state index in [1.807, 2.05) is 30.4 Å². The van der Waals surface area contributed by atoms with Crippen LogP contribution < -0.4 is 25.7 Å². The highest BCUT2D eigenvalue weighted by Gasteiger charge is 2.61. The average Bonchev–Trinajstić information content (AvgIpc) is 3.36. The number of rotatable bonds is 6. The normalized spacial score (nSPS) is 26.0. The van der Waals surface area contributed by atoms with Gasteiger partial charge in [0, 0.05) is 12.3 Å². The number of ether oxygens (including phenoxy) is 2. The second-order valence-electron chi connectivity index (χ2n) is 13.8. The smallest absolute Gasteiger partial charge is 0.408 e. The van der Waals surface area contributed by atoms with Crippen molar-refractivity contribution in [3.63, 3.8) is 0 Å². The van der Waals surface area contributed by atoms with Crippen molar-refractivity contribution < 1.29 is 37.9 Å². The van der Waals surface area contributed by atoms with Crippen molar-refractivity contribution in [2.45, 2.75) is 95.0 Å². The number of para-hydroxylation sites is 3. The summed E-state index contributed by atoms with van der Waals surface area (Å²) < 4.78 is 17.4. The average molecular weight is 674 g/mol. The van der Waals surface area contributed by atoms with Gasteiger partial charge in [0.1, 0.15) is 34.8 Å². The molecule has 1 aromatic heterocycles. The molecule has 260 valence electrons. The number of allylic oxidation sites excluding steroid dienone is 1. The van der Waals surface area contributed by atoms with Crippen molar-refractivity contribution >= 4 is 34.9 Å². The zero-order chi connectivity index (χ0) is 34.6. The van der Waals surface area contributed by atoms with Gasteiger partial charge >= 0.3 is 12.2 Å². The summed E-state index contributed by atoms with van der Waals surface area (Å²) in [6.45, 7) is 5.27. The number of fused-ring (bicyclic) bond motifs is 3. The molecule has 13 nitrogen and oxygen atoms in total. The molecule has 49 heavy (non-hydrogen) atoms. The first kappa shape index (κ1) is 33.8. The first-order chi connectivity index (χ1) is 23.5. The van der Waals surface area contributed by atoms with Crippen LogP contribution in [0.1, 0.15) is 65.7 Å². The summed E-state index contributed by atoms with van der Waals surface area (Å²) in [5.41, 5.74) is 1.62. The number of hydrogen-bond donors (Lipinski definition) is 3. The molecule has 5 atom stereocenters.